The van der Waals surface area contributed by atoms with E-state index in [4.69, 9.17) is 11.6 Å². The van der Waals surface area contributed by atoms with Gasteiger partial charge in [-0.1, -0.05) is 36.7 Å². The summed E-state index contributed by atoms with van der Waals surface area (Å²) in [5, 5.41) is 6.53. The largest absolute Gasteiger partial charge is 0.334 e. The van der Waals surface area contributed by atoms with Crippen molar-refractivity contribution in [2.75, 3.05) is 18.1 Å². The summed E-state index contributed by atoms with van der Waals surface area (Å²) >= 11 is 6.03. The van der Waals surface area contributed by atoms with Crippen molar-refractivity contribution in [2.24, 2.45) is 5.92 Å². The molecule has 1 aliphatic heterocycles. The molecule has 4 unspecified atom stereocenters. The summed E-state index contributed by atoms with van der Waals surface area (Å²) in [5.41, 5.74) is 1.78. The van der Waals surface area contributed by atoms with Crippen LogP contribution in [-0.4, -0.2) is 50.3 Å². The van der Waals surface area contributed by atoms with Crippen LogP contribution in [0.4, 0.5) is 10.5 Å². The van der Waals surface area contributed by atoms with Gasteiger partial charge in [-0.2, -0.15) is 0 Å². The zero-order valence-electron chi connectivity index (χ0n) is 20.4. The summed E-state index contributed by atoms with van der Waals surface area (Å²) < 4.78 is 23.5. The van der Waals surface area contributed by atoms with Gasteiger partial charge < -0.3 is 10.6 Å². The molecule has 34 heavy (non-hydrogen) atoms. The van der Waals surface area contributed by atoms with Crippen LogP contribution in [-0.2, 0) is 16.3 Å². The minimum Gasteiger partial charge on any atom is -0.334 e. The molecule has 8 heteroatoms. The lowest BCUT2D eigenvalue weighted by atomic mass is 9.81. The molecule has 2 aromatic carbocycles. The zero-order chi connectivity index (χ0) is 24.9. The monoisotopic (exact) mass is 505 g/mol. The highest BCUT2D eigenvalue weighted by molar-refractivity contribution is 7.90. The van der Waals surface area contributed by atoms with E-state index in [1.165, 1.54) is 17.7 Å². The van der Waals surface area contributed by atoms with Crippen molar-refractivity contribution in [1.82, 2.24) is 10.2 Å². The summed E-state index contributed by atoms with van der Waals surface area (Å²) in [5.74, 6) is 0.631. The lowest BCUT2D eigenvalue weighted by Crippen LogP contribution is -2.53. The molecular weight excluding hydrogens is 470 g/mol. The summed E-state index contributed by atoms with van der Waals surface area (Å²) in [6, 6.07) is 15.0. The Morgan fingerprint density at radius 1 is 1.18 bits per heavy atom. The van der Waals surface area contributed by atoms with Gasteiger partial charge in [0, 0.05) is 41.6 Å². The number of amides is 2. The van der Waals surface area contributed by atoms with Crippen LogP contribution >= 0.6 is 11.6 Å². The van der Waals surface area contributed by atoms with Gasteiger partial charge in [0.15, 0.2) is 9.84 Å². The third kappa shape index (κ3) is 7.45. The Labute approximate surface area is 209 Å². The predicted molar refractivity (Wildman–Crippen MR) is 139 cm³/mol. The van der Waals surface area contributed by atoms with E-state index in [2.05, 4.69) is 41.5 Å². The molecule has 186 valence electrons. The molecule has 2 amide bonds. The van der Waals surface area contributed by atoms with E-state index in [-0.39, 0.29) is 17.0 Å². The fourth-order valence-electron chi connectivity index (χ4n) is 5.00. The van der Waals surface area contributed by atoms with E-state index in [0.717, 1.165) is 43.5 Å². The molecule has 2 aromatic rings. The first-order chi connectivity index (χ1) is 16.0. The van der Waals surface area contributed by atoms with Crippen LogP contribution in [0.5, 0.6) is 0 Å². The van der Waals surface area contributed by atoms with Crippen LogP contribution in [0.3, 0.4) is 0 Å². The first kappa shape index (κ1) is 26.5. The first-order valence-corrected chi connectivity index (χ1v) is 14.2. The zero-order valence-corrected chi connectivity index (χ0v) is 22.0. The van der Waals surface area contributed by atoms with Crippen LogP contribution in [0.1, 0.15) is 45.6 Å². The molecule has 0 radical (unpaired) electrons. The Hall–Kier alpha value is -2.09. The van der Waals surface area contributed by atoms with Crippen LogP contribution in [0, 0.1) is 5.92 Å². The average Bonchev–Trinajstić information content (AvgIpc) is 2.76. The third-order valence-corrected chi connectivity index (χ3v) is 7.97. The normalized spacial score (nSPS) is 22.2. The maximum atomic E-state index is 12.5. The Bertz CT molecular complexity index is 1070. The molecule has 1 heterocycles. The Morgan fingerprint density at radius 3 is 2.53 bits per heavy atom. The summed E-state index contributed by atoms with van der Waals surface area (Å²) in [4.78, 5) is 15.2. The van der Waals surface area contributed by atoms with Crippen molar-refractivity contribution in [1.29, 1.82) is 0 Å². The molecule has 6 nitrogen and oxygen atoms in total. The minimum atomic E-state index is -3.33. The van der Waals surface area contributed by atoms with Gasteiger partial charge in [-0.3, -0.25) is 4.90 Å². The highest BCUT2D eigenvalue weighted by Crippen LogP contribution is 2.32. The van der Waals surface area contributed by atoms with Gasteiger partial charge in [0.2, 0.25) is 0 Å². The van der Waals surface area contributed by atoms with Gasteiger partial charge in [-0.05, 0) is 81.3 Å². The van der Waals surface area contributed by atoms with E-state index >= 15 is 0 Å². The number of sulfone groups is 1. The van der Waals surface area contributed by atoms with Crippen molar-refractivity contribution < 1.29 is 13.2 Å². The van der Waals surface area contributed by atoms with E-state index in [1.54, 1.807) is 12.1 Å². The number of anilines is 1. The maximum Gasteiger partial charge on any atom is 0.319 e. The molecule has 0 bridgehead atoms. The van der Waals surface area contributed by atoms with Gasteiger partial charge >= 0.3 is 6.03 Å². The van der Waals surface area contributed by atoms with Crippen LogP contribution < -0.4 is 10.6 Å². The Balaban J connectivity index is 1.55. The SMILES string of the molecule is CCC1CC(Cc2ccc(Cl)cc2)CC(C)N1CC(C)NC(=O)Nc1cccc(S(C)(=O)=O)c1. The molecule has 0 spiro atoms. The Kier molecular flexibility index (Phi) is 9.01. The van der Waals surface area contributed by atoms with E-state index < -0.39 is 9.84 Å². The highest BCUT2D eigenvalue weighted by atomic mass is 35.5. The molecule has 3 rings (SSSR count). The van der Waals surface area contributed by atoms with Gasteiger partial charge in [0.25, 0.3) is 0 Å². The van der Waals surface area contributed by atoms with Crippen molar-refractivity contribution in [3.63, 3.8) is 0 Å². The second kappa shape index (κ2) is 11.6. The number of urea groups is 1. The number of halogens is 1. The smallest absolute Gasteiger partial charge is 0.319 e. The number of likely N-dealkylation sites (tertiary alicyclic amines) is 1. The number of hydrogen-bond donors (Lipinski definition) is 2. The van der Waals surface area contributed by atoms with Gasteiger partial charge in [-0.15, -0.1) is 0 Å². The molecule has 1 saturated heterocycles. The molecule has 0 saturated carbocycles. The quantitative estimate of drug-likeness (QED) is 0.505. The topological polar surface area (TPSA) is 78.5 Å². The average molecular weight is 506 g/mol. The van der Waals surface area contributed by atoms with Crippen LogP contribution in [0.25, 0.3) is 0 Å². The van der Waals surface area contributed by atoms with E-state index in [9.17, 15) is 13.2 Å². The third-order valence-electron chi connectivity index (χ3n) is 6.61. The van der Waals surface area contributed by atoms with Gasteiger partial charge in [0.05, 0.1) is 4.90 Å². The summed E-state index contributed by atoms with van der Waals surface area (Å²) in [6.07, 6.45) is 5.54. The standard InChI is InChI=1S/C26H36ClN3O3S/c1-5-24-15-21(14-20-9-11-22(27)12-10-20)13-19(3)30(24)17-18(2)28-26(31)29-23-7-6-8-25(16-23)34(4,32)33/h6-12,16,18-19,21,24H,5,13-15,17H2,1-4H3,(H2,28,29,31). The molecule has 2 N–H and O–H groups in total. The molecule has 0 aliphatic carbocycles. The second-order valence-corrected chi connectivity index (χ2v) is 12.0. The fraction of sp³-hybridized carbons (Fsp3) is 0.500. The number of piperidine rings is 1. The molecule has 1 aliphatic rings. The lowest BCUT2D eigenvalue weighted by Gasteiger charge is -2.45. The summed E-state index contributed by atoms with van der Waals surface area (Å²) in [7, 11) is -3.33. The van der Waals surface area contributed by atoms with Gasteiger partial charge in [0.1, 0.15) is 0 Å². The van der Waals surface area contributed by atoms with Gasteiger partial charge in [-0.25, -0.2) is 13.2 Å². The fourth-order valence-corrected chi connectivity index (χ4v) is 5.79. The number of nitrogens with one attached hydrogen (secondary N) is 2. The highest BCUT2D eigenvalue weighted by Gasteiger charge is 2.33. The van der Waals surface area contributed by atoms with Crippen molar-refractivity contribution >= 4 is 33.2 Å². The Morgan fingerprint density at radius 2 is 1.88 bits per heavy atom. The number of rotatable bonds is 8. The molecule has 4 atom stereocenters. The van der Waals surface area contributed by atoms with Crippen molar-refractivity contribution in [2.45, 2.75) is 69.5 Å². The lowest BCUT2D eigenvalue weighted by molar-refractivity contribution is 0.0519. The van der Waals surface area contributed by atoms with Crippen molar-refractivity contribution in [3.8, 4) is 0 Å². The number of carbonyl (C=O) groups excluding carboxylic acids is 1. The number of nitrogens with zero attached hydrogens (tertiary/aromatic N) is 1. The predicted octanol–water partition coefficient (Wildman–Crippen LogP) is 5.38. The second-order valence-electron chi connectivity index (χ2n) is 9.58. The molecule has 1 fully saturated rings. The number of benzene rings is 2. The van der Waals surface area contributed by atoms with Crippen LogP contribution in [0.15, 0.2) is 53.4 Å². The van der Waals surface area contributed by atoms with E-state index in [1.807, 2.05) is 19.1 Å². The maximum absolute atomic E-state index is 12.5. The minimum absolute atomic E-state index is 0.0533. The molecule has 0 aromatic heterocycles. The van der Waals surface area contributed by atoms with Crippen LogP contribution in [0.2, 0.25) is 5.02 Å². The molecular formula is C26H36ClN3O3S. The number of carbonyl (C=O) groups is 1. The summed E-state index contributed by atoms with van der Waals surface area (Å²) in [6.45, 7) is 7.28. The van der Waals surface area contributed by atoms with E-state index in [0.29, 0.717) is 23.7 Å². The van der Waals surface area contributed by atoms with Crippen molar-refractivity contribution in [3.05, 3.63) is 59.1 Å². The number of hydrogen-bond acceptors (Lipinski definition) is 4. The first-order valence-electron chi connectivity index (χ1n) is 11.9.